The molecule has 0 radical (unpaired) electrons. The third-order valence-corrected chi connectivity index (χ3v) is 5.57. The number of rotatable bonds is 6. The lowest BCUT2D eigenvalue weighted by atomic mass is 9.97. The predicted molar refractivity (Wildman–Crippen MR) is 130 cm³/mol. The molecule has 0 spiro atoms. The molecule has 5 aromatic rings. The number of hydrogen-bond donors (Lipinski definition) is 1. The number of quaternary nitrogens is 1. The Morgan fingerprint density at radius 1 is 0.882 bits per heavy atom. The first-order valence-corrected chi connectivity index (χ1v) is 10.8. The van der Waals surface area contributed by atoms with E-state index in [4.69, 9.17) is 9.72 Å². The summed E-state index contributed by atoms with van der Waals surface area (Å²) in [4.78, 5) is 19.9. The summed E-state index contributed by atoms with van der Waals surface area (Å²) in [5, 5.41) is 11.7. The number of aromatic nitrogens is 2. The molecule has 2 heterocycles. The molecule has 0 saturated carbocycles. The number of non-ortho nitro benzene ring substituents is 1. The van der Waals surface area contributed by atoms with E-state index in [1.54, 1.807) is 18.3 Å². The fraction of sp³-hybridized carbons (Fsp3) is 0.0370. The fourth-order valence-electron chi connectivity index (χ4n) is 3.79. The van der Waals surface area contributed by atoms with Crippen molar-refractivity contribution in [1.82, 2.24) is 9.97 Å². The van der Waals surface area contributed by atoms with Gasteiger partial charge in [0.05, 0.1) is 28.1 Å². The van der Waals surface area contributed by atoms with Gasteiger partial charge in [0.2, 0.25) is 5.88 Å². The summed E-state index contributed by atoms with van der Waals surface area (Å²) in [6.07, 6.45) is 1.65. The van der Waals surface area contributed by atoms with Crippen molar-refractivity contribution in [3.63, 3.8) is 0 Å². The predicted octanol–water partition coefficient (Wildman–Crippen LogP) is 5.41. The molecule has 5 rings (SSSR count). The number of nitrogens with zero attached hydrogens (tertiary/aromatic N) is 3. The number of nitro benzene ring substituents is 1. The van der Waals surface area contributed by atoms with Crippen LogP contribution < -0.4 is 10.5 Å². The molecule has 0 saturated heterocycles. The lowest BCUT2D eigenvalue weighted by Crippen LogP contribution is -2.47. The molecule has 0 unspecified atom stereocenters. The minimum absolute atomic E-state index is 0.000717. The van der Waals surface area contributed by atoms with Crippen molar-refractivity contribution in [2.75, 3.05) is 0 Å². The Hall–Kier alpha value is -4.62. The van der Waals surface area contributed by atoms with E-state index in [-0.39, 0.29) is 5.69 Å². The summed E-state index contributed by atoms with van der Waals surface area (Å²) in [7, 11) is 0. The summed E-state index contributed by atoms with van der Waals surface area (Å²) in [5.41, 5.74) is 9.70. The monoisotopic (exact) mass is 449 g/mol. The summed E-state index contributed by atoms with van der Waals surface area (Å²) in [6, 6.07) is 28.1. The van der Waals surface area contributed by atoms with Crippen LogP contribution in [0.25, 0.3) is 33.3 Å². The number of fused-ring (bicyclic) bond motifs is 1. The van der Waals surface area contributed by atoms with Crippen molar-refractivity contribution in [3.05, 3.63) is 113 Å². The summed E-state index contributed by atoms with van der Waals surface area (Å²) < 4.78 is 6.01. The van der Waals surface area contributed by atoms with Gasteiger partial charge in [0.25, 0.3) is 5.69 Å². The quantitative estimate of drug-likeness (QED) is 0.276. The van der Waals surface area contributed by atoms with Gasteiger partial charge in [-0.2, -0.15) is 0 Å². The molecule has 0 bridgehead atoms. The summed E-state index contributed by atoms with van der Waals surface area (Å²) in [6.45, 7) is 0.728. The highest BCUT2D eigenvalue weighted by Crippen LogP contribution is 2.36. The molecule has 0 aliphatic rings. The Morgan fingerprint density at radius 2 is 1.62 bits per heavy atom. The third kappa shape index (κ3) is 4.20. The van der Waals surface area contributed by atoms with Crippen LogP contribution in [0.15, 0.2) is 97.2 Å². The molecule has 2 aromatic heterocycles. The van der Waals surface area contributed by atoms with Crippen molar-refractivity contribution in [1.29, 1.82) is 0 Å². The van der Waals surface area contributed by atoms with E-state index < -0.39 is 4.92 Å². The zero-order valence-electron chi connectivity index (χ0n) is 18.2. The molecule has 7 nitrogen and oxygen atoms in total. The third-order valence-electron chi connectivity index (χ3n) is 5.57. The first kappa shape index (κ1) is 21.2. The largest absolute Gasteiger partial charge is 0.438 e. The topological polar surface area (TPSA) is 106 Å². The van der Waals surface area contributed by atoms with E-state index in [1.165, 1.54) is 12.1 Å². The highest BCUT2D eigenvalue weighted by atomic mass is 16.6. The highest BCUT2D eigenvalue weighted by molar-refractivity contribution is 5.94. The lowest BCUT2D eigenvalue weighted by Gasteiger charge is -2.14. The van der Waals surface area contributed by atoms with Crippen LogP contribution in [0, 0.1) is 10.1 Å². The molecule has 0 aliphatic carbocycles. The van der Waals surface area contributed by atoms with Crippen molar-refractivity contribution in [3.8, 4) is 34.0 Å². The minimum Gasteiger partial charge on any atom is -0.438 e. The van der Waals surface area contributed by atoms with Crippen molar-refractivity contribution in [2.45, 2.75) is 6.54 Å². The maximum atomic E-state index is 10.9. The Bertz CT molecular complexity index is 1470. The van der Waals surface area contributed by atoms with Crippen LogP contribution in [-0.2, 0) is 6.54 Å². The molecule has 0 amide bonds. The Labute approximate surface area is 195 Å². The van der Waals surface area contributed by atoms with Crippen LogP contribution in [0.4, 0.5) is 5.69 Å². The Morgan fingerprint density at radius 3 is 2.29 bits per heavy atom. The van der Waals surface area contributed by atoms with Crippen LogP contribution in [0.3, 0.4) is 0 Å². The number of benzene rings is 3. The van der Waals surface area contributed by atoms with Crippen LogP contribution in [-0.4, -0.2) is 14.9 Å². The van der Waals surface area contributed by atoms with Crippen molar-refractivity contribution < 1.29 is 15.4 Å². The van der Waals surface area contributed by atoms with Gasteiger partial charge >= 0.3 is 0 Å². The zero-order chi connectivity index (χ0) is 23.5. The van der Waals surface area contributed by atoms with E-state index in [9.17, 15) is 10.1 Å². The average molecular weight is 449 g/mol. The second-order valence-corrected chi connectivity index (χ2v) is 7.73. The molecular weight excluding hydrogens is 428 g/mol. The molecule has 3 N–H and O–H groups in total. The van der Waals surface area contributed by atoms with Gasteiger partial charge in [-0.25, -0.2) is 9.97 Å². The van der Waals surface area contributed by atoms with E-state index in [2.05, 4.69) is 35.0 Å². The second kappa shape index (κ2) is 9.09. The number of ether oxygens (including phenoxy) is 1. The smallest absolute Gasteiger partial charge is 0.269 e. The first-order chi connectivity index (χ1) is 16.6. The van der Waals surface area contributed by atoms with Gasteiger partial charge in [-0.15, -0.1) is 0 Å². The number of nitro groups is 1. The Balaban J connectivity index is 1.64. The molecule has 34 heavy (non-hydrogen) atoms. The van der Waals surface area contributed by atoms with E-state index in [0.717, 1.165) is 45.4 Å². The molecule has 166 valence electrons. The van der Waals surface area contributed by atoms with E-state index >= 15 is 0 Å². The van der Waals surface area contributed by atoms with Crippen LogP contribution in [0.1, 0.15) is 5.56 Å². The summed E-state index contributed by atoms with van der Waals surface area (Å²) in [5.74, 6) is 0.842. The normalized spacial score (nSPS) is 10.9. The van der Waals surface area contributed by atoms with Gasteiger partial charge in [-0.3, -0.25) is 10.1 Å². The maximum absolute atomic E-state index is 10.9. The first-order valence-electron chi connectivity index (χ1n) is 10.8. The highest BCUT2D eigenvalue weighted by Gasteiger charge is 2.15. The lowest BCUT2D eigenvalue weighted by molar-refractivity contribution is -0.386. The van der Waals surface area contributed by atoms with E-state index in [1.807, 2.05) is 42.5 Å². The van der Waals surface area contributed by atoms with Gasteiger partial charge in [0.1, 0.15) is 5.75 Å². The SMILES string of the molecule is [NH3+]Cc1ccc(-c2nc3ccnc(Oc4ccc([N+](=O)[O-])cc4)c3cc2-c2ccccc2)cc1. The molecule has 0 fully saturated rings. The number of pyridine rings is 2. The molecule has 0 atom stereocenters. The van der Waals surface area contributed by atoms with E-state index in [0.29, 0.717) is 11.6 Å². The molecule has 0 aliphatic heterocycles. The van der Waals surface area contributed by atoms with Crippen LogP contribution >= 0.6 is 0 Å². The van der Waals surface area contributed by atoms with Crippen LogP contribution in [0.5, 0.6) is 11.6 Å². The van der Waals surface area contributed by atoms with Gasteiger partial charge in [-0.05, 0) is 29.8 Å². The molecule has 7 heteroatoms. The number of hydrogen-bond acceptors (Lipinski definition) is 5. The van der Waals surface area contributed by atoms with Crippen LogP contribution in [0.2, 0.25) is 0 Å². The maximum Gasteiger partial charge on any atom is 0.269 e. The minimum atomic E-state index is -0.443. The molecule has 3 aromatic carbocycles. The van der Waals surface area contributed by atoms with Crippen molar-refractivity contribution >= 4 is 16.6 Å². The second-order valence-electron chi connectivity index (χ2n) is 7.73. The van der Waals surface area contributed by atoms with Gasteiger partial charge in [0, 0.05) is 35.0 Å². The Kier molecular flexibility index (Phi) is 5.68. The summed E-state index contributed by atoms with van der Waals surface area (Å²) >= 11 is 0. The molecular formula is C27H21N4O3+. The average Bonchev–Trinajstić information content (AvgIpc) is 2.89. The zero-order valence-corrected chi connectivity index (χ0v) is 18.2. The van der Waals surface area contributed by atoms with Gasteiger partial charge in [0.15, 0.2) is 0 Å². The van der Waals surface area contributed by atoms with Gasteiger partial charge in [-0.1, -0.05) is 54.6 Å². The standard InChI is InChI=1S/C27H20N4O3/c28-17-18-6-8-20(9-7-18)26-23(19-4-2-1-3-5-19)16-24-25(30-26)14-15-29-27(24)34-22-12-10-21(11-13-22)31(32)33/h1-16H,17,28H2/p+1. The fourth-order valence-corrected chi connectivity index (χ4v) is 3.79. The van der Waals surface area contributed by atoms with Crippen molar-refractivity contribution in [2.24, 2.45) is 0 Å². The van der Waals surface area contributed by atoms with Gasteiger partial charge < -0.3 is 10.5 Å².